The molecule has 0 N–H and O–H groups in total. The summed E-state index contributed by atoms with van der Waals surface area (Å²) in [6.07, 6.45) is 24.6. The molecule has 0 amide bonds. The molecule has 0 fully saturated rings. The van der Waals surface area contributed by atoms with Gasteiger partial charge in [0.05, 0.1) is 13.2 Å². The minimum absolute atomic E-state index is 0.165. The van der Waals surface area contributed by atoms with Crippen LogP contribution in [0.15, 0.2) is 48.5 Å². The molecule has 3 aromatic carbocycles. The molecule has 0 heterocycles. The Morgan fingerprint density at radius 3 is 1.03 bits per heavy atom. The highest BCUT2D eigenvalue weighted by Crippen LogP contribution is 2.43. The summed E-state index contributed by atoms with van der Waals surface area (Å²) in [5.41, 5.74) is 0. The van der Waals surface area contributed by atoms with E-state index in [1.54, 1.807) is 0 Å². The second kappa shape index (κ2) is 33.3. The normalized spacial score (nSPS) is 12.5. The van der Waals surface area contributed by atoms with Crippen molar-refractivity contribution in [2.24, 2.45) is 0 Å². The van der Waals surface area contributed by atoms with Gasteiger partial charge in [0.15, 0.2) is 12.2 Å². The van der Waals surface area contributed by atoms with E-state index in [0.717, 1.165) is 85.8 Å². The molecule has 8 nitrogen and oxygen atoms in total. The van der Waals surface area contributed by atoms with Crippen LogP contribution < -0.4 is 9.47 Å². The fourth-order valence-electron chi connectivity index (χ4n) is 7.58. The zero-order chi connectivity index (χ0) is 42.9. The predicted octanol–water partition coefficient (Wildman–Crippen LogP) is 14.0. The summed E-state index contributed by atoms with van der Waals surface area (Å²) in [6, 6.07) is 16.1. The third kappa shape index (κ3) is 20.9. The van der Waals surface area contributed by atoms with E-state index < -0.39 is 12.2 Å². The molecule has 0 spiro atoms. The van der Waals surface area contributed by atoms with Crippen molar-refractivity contribution < 1.29 is 38.0 Å². The molecule has 3 rings (SSSR count). The summed E-state index contributed by atoms with van der Waals surface area (Å²) >= 11 is 0. The highest BCUT2D eigenvalue weighted by molar-refractivity contribution is 6.11. The molecule has 0 aliphatic carbocycles. The minimum Gasteiger partial charge on any atom is -0.488 e. The largest absolute Gasteiger partial charge is 0.488 e. The molecule has 0 aliphatic heterocycles. The molecule has 0 saturated heterocycles. The third-order valence-corrected chi connectivity index (χ3v) is 11.1. The fraction of sp³-hybridized carbons (Fsp3) is 0.692. The zero-order valence-corrected chi connectivity index (χ0v) is 38.3. The number of carbonyl (C=O) groups is 2. The van der Waals surface area contributed by atoms with Gasteiger partial charge >= 0.3 is 11.9 Å². The second-order valence-electron chi connectivity index (χ2n) is 16.6. The van der Waals surface area contributed by atoms with Gasteiger partial charge in [-0.2, -0.15) is 0 Å². The van der Waals surface area contributed by atoms with Gasteiger partial charge in [0.2, 0.25) is 0 Å². The first-order valence-electron chi connectivity index (χ1n) is 24.3. The van der Waals surface area contributed by atoms with E-state index >= 15 is 0 Å². The molecule has 2 atom stereocenters. The SMILES string of the molecule is CCCCCCCCOCC(COc1c2ccccc2c(OCC(COCCCCCCCC)OC(=O)CCCCCCC)c2ccccc12)OC(=O)CCCCCCC. The quantitative estimate of drug-likeness (QED) is 0.0320. The summed E-state index contributed by atoms with van der Waals surface area (Å²) in [4.78, 5) is 26.1. The monoisotopic (exact) mass is 835 g/mol. The van der Waals surface area contributed by atoms with Gasteiger partial charge in [-0.15, -0.1) is 0 Å². The summed E-state index contributed by atoms with van der Waals surface area (Å²) in [5.74, 6) is 1.01. The van der Waals surface area contributed by atoms with Crippen molar-refractivity contribution in [3.63, 3.8) is 0 Å². The zero-order valence-electron chi connectivity index (χ0n) is 38.3. The lowest BCUT2D eigenvalue weighted by atomic mass is 10.0. The van der Waals surface area contributed by atoms with Gasteiger partial charge in [0.25, 0.3) is 0 Å². The number of rotatable bonds is 38. The average Bonchev–Trinajstić information content (AvgIpc) is 3.26. The molecular formula is C52H82O8. The number of hydrogen-bond acceptors (Lipinski definition) is 8. The molecule has 8 heteroatoms. The van der Waals surface area contributed by atoms with Crippen LogP contribution in [-0.2, 0) is 28.5 Å². The van der Waals surface area contributed by atoms with Crippen molar-refractivity contribution in [1.82, 2.24) is 0 Å². The van der Waals surface area contributed by atoms with Crippen LogP contribution in [0.3, 0.4) is 0 Å². The molecule has 0 bridgehead atoms. The molecule has 338 valence electrons. The lowest BCUT2D eigenvalue weighted by Crippen LogP contribution is -2.30. The standard InChI is InChI=1S/C52H82O8/c1-5-9-13-17-21-29-37-55-39-43(59-49(53)35-23-19-15-11-7-3)41-57-51-45-31-25-27-33-47(45)52(48-34-28-26-32-46(48)51)58-42-44(40-56-38-30-22-18-14-10-6-2)60-50(54)36-24-20-16-12-8-4/h25-28,31-34,43-44H,5-24,29-30,35-42H2,1-4H3. The smallest absolute Gasteiger partial charge is 0.306 e. The van der Waals surface area contributed by atoms with Crippen molar-refractivity contribution in [3.05, 3.63) is 48.5 Å². The molecule has 0 aromatic heterocycles. The number of esters is 2. The van der Waals surface area contributed by atoms with Gasteiger partial charge in [-0.05, 0) is 25.7 Å². The van der Waals surface area contributed by atoms with E-state index in [1.165, 1.54) is 77.0 Å². The topological polar surface area (TPSA) is 89.5 Å². The van der Waals surface area contributed by atoms with Crippen LogP contribution in [0.1, 0.15) is 182 Å². The van der Waals surface area contributed by atoms with Crippen molar-refractivity contribution in [1.29, 1.82) is 0 Å². The van der Waals surface area contributed by atoms with E-state index in [4.69, 9.17) is 28.4 Å². The first-order valence-corrected chi connectivity index (χ1v) is 24.3. The highest BCUT2D eigenvalue weighted by Gasteiger charge is 2.22. The summed E-state index contributed by atoms with van der Waals surface area (Å²) in [5, 5.41) is 3.56. The first-order chi connectivity index (χ1) is 29.5. The number of hydrogen-bond donors (Lipinski definition) is 0. The number of benzene rings is 3. The van der Waals surface area contributed by atoms with Crippen molar-refractivity contribution in [2.45, 2.75) is 194 Å². The maximum atomic E-state index is 13.0. The van der Waals surface area contributed by atoms with Crippen LogP contribution in [0.5, 0.6) is 11.5 Å². The summed E-state index contributed by atoms with van der Waals surface area (Å²) in [6.45, 7) is 11.0. The van der Waals surface area contributed by atoms with E-state index in [-0.39, 0.29) is 38.4 Å². The number of ether oxygens (including phenoxy) is 6. The maximum Gasteiger partial charge on any atom is 0.306 e. The molecule has 3 aromatic rings. The van der Waals surface area contributed by atoms with E-state index in [9.17, 15) is 9.59 Å². The van der Waals surface area contributed by atoms with Crippen LogP contribution in [0.2, 0.25) is 0 Å². The van der Waals surface area contributed by atoms with Gasteiger partial charge in [0.1, 0.15) is 24.7 Å². The Hall–Kier alpha value is -3.36. The third-order valence-electron chi connectivity index (χ3n) is 11.1. The molecule has 0 saturated carbocycles. The molecule has 0 aliphatic rings. The Kier molecular flexibility index (Phi) is 28.3. The van der Waals surface area contributed by atoms with Crippen molar-refractivity contribution in [3.8, 4) is 11.5 Å². The lowest BCUT2D eigenvalue weighted by Gasteiger charge is -2.23. The molecular weight excluding hydrogens is 753 g/mol. The Labute approximate surface area is 364 Å². The van der Waals surface area contributed by atoms with Crippen molar-refractivity contribution in [2.75, 3.05) is 39.6 Å². The van der Waals surface area contributed by atoms with Gasteiger partial charge in [-0.3, -0.25) is 9.59 Å². The van der Waals surface area contributed by atoms with Gasteiger partial charge in [0, 0.05) is 47.6 Å². The van der Waals surface area contributed by atoms with Gasteiger partial charge < -0.3 is 28.4 Å². The van der Waals surface area contributed by atoms with Crippen LogP contribution in [-0.4, -0.2) is 63.8 Å². The maximum absolute atomic E-state index is 13.0. The highest BCUT2D eigenvalue weighted by atomic mass is 16.6. The second-order valence-corrected chi connectivity index (χ2v) is 16.6. The van der Waals surface area contributed by atoms with Crippen LogP contribution in [0.25, 0.3) is 21.5 Å². The van der Waals surface area contributed by atoms with Crippen molar-refractivity contribution >= 4 is 33.5 Å². The first kappa shape index (κ1) is 51.0. The predicted molar refractivity (Wildman–Crippen MR) is 247 cm³/mol. The minimum atomic E-state index is -0.542. The van der Waals surface area contributed by atoms with Gasteiger partial charge in [-0.25, -0.2) is 0 Å². The summed E-state index contributed by atoms with van der Waals surface area (Å²) in [7, 11) is 0. The Morgan fingerprint density at radius 1 is 0.400 bits per heavy atom. The number of unbranched alkanes of at least 4 members (excludes halogenated alkanes) is 18. The fourth-order valence-corrected chi connectivity index (χ4v) is 7.58. The number of carbonyl (C=O) groups excluding carboxylic acids is 2. The van der Waals surface area contributed by atoms with Crippen LogP contribution in [0.4, 0.5) is 0 Å². The van der Waals surface area contributed by atoms with Gasteiger partial charge in [-0.1, -0.05) is 192 Å². The van der Waals surface area contributed by atoms with Crippen LogP contribution >= 0.6 is 0 Å². The molecule has 60 heavy (non-hydrogen) atoms. The Morgan fingerprint density at radius 2 is 0.700 bits per heavy atom. The Bertz CT molecular complexity index is 1380. The average molecular weight is 835 g/mol. The van der Waals surface area contributed by atoms with E-state index in [2.05, 4.69) is 27.7 Å². The van der Waals surface area contributed by atoms with E-state index in [0.29, 0.717) is 37.6 Å². The Balaban J connectivity index is 1.77. The van der Waals surface area contributed by atoms with Crippen LogP contribution in [0, 0.1) is 0 Å². The summed E-state index contributed by atoms with van der Waals surface area (Å²) < 4.78 is 37.6. The molecule has 2 unspecified atom stereocenters. The number of fused-ring (bicyclic) bond motifs is 2. The van der Waals surface area contributed by atoms with E-state index in [1.807, 2.05) is 48.5 Å². The lowest BCUT2D eigenvalue weighted by molar-refractivity contribution is -0.155. The molecule has 0 radical (unpaired) electrons.